The van der Waals surface area contributed by atoms with Gasteiger partial charge in [-0.15, -0.1) is 0 Å². The maximum Gasteiger partial charge on any atom is 0.145 e. The summed E-state index contributed by atoms with van der Waals surface area (Å²) in [4.78, 5) is 13.2. The van der Waals surface area contributed by atoms with Gasteiger partial charge in [0.2, 0.25) is 0 Å². The van der Waals surface area contributed by atoms with Gasteiger partial charge in [0.15, 0.2) is 0 Å². The largest absolute Gasteiger partial charge is 0.305 e. The second kappa shape index (κ2) is 5.89. The van der Waals surface area contributed by atoms with E-state index >= 15 is 0 Å². The van der Waals surface area contributed by atoms with E-state index in [2.05, 4.69) is 63.1 Å². The van der Waals surface area contributed by atoms with E-state index in [1.807, 2.05) is 36.9 Å². The SMILES string of the molecule is CC1NNc2ncc(-c3ccc4nccc(-c5ccncc5)c4c3)cc21. The van der Waals surface area contributed by atoms with Gasteiger partial charge in [-0.2, -0.15) is 0 Å². The van der Waals surface area contributed by atoms with Crippen molar-refractivity contribution in [1.82, 2.24) is 20.4 Å². The van der Waals surface area contributed by atoms with Crippen molar-refractivity contribution < 1.29 is 0 Å². The summed E-state index contributed by atoms with van der Waals surface area (Å²) in [7, 11) is 0. The van der Waals surface area contributed by atoms with Crippen molar-refractivity contribution >= 4 is 16.7 Å². The molecule has 1 aromatic carbocycles. The van der Waals surface area contributed by atoms with Crippen LogP contribution in [-0.2, 0) is 0 Å². The number of benzene rings is 1. The molecule has 4 aromatic rings. The van der Waals surface area contributed by atoms with Crippen LogP contribution < -0.4 is 10.9 Å². The molecule has 0 radical (unpaired) electrons. The third-order valence-corrected chi connectivity index (χ3v) is 4.86. The lowest BCUT2D eigenvalue weighted by molar-refractivity contribution is 0.687. The van der Waals surface area contributed by atoms with Crippen LogP contribution in [0.15, 0.2) is 67.3 Å². The zero-order valence-corrected chi connectivity index (χ0v) is 14.3. The fraction of sp³-hybridized carbons (Fsp3) is 0.0952. The molecule has 126 valence electrons. The minimum Gasteiger partial charge on any atom is -0.305 e. The Hall–Kier alpha value is -3.31. The number of rotatable bonds is 2. The minimum absolute atomic E-state index is 0.243. The van der Waals surface area contributed by atoms with Crippen LogP contribution >= 0.6 is 0 Å². The monoisotopic (exact) mass is 339 g/mol. The van der Waals surface area contributed by atoms with Crippen LogP contribution in [0.4, 0.5) is 5.82 Å². The number of hydrazine groups is 1. The van der Waals surface area contributed by atoms with Crippen molar-refractivity contribution in [3.05, 3.63) is 72.8 Å². The molecule has 3 aromatic heterocycles. The molecule has 1 aliphatic heterocycles. The third kappa shape index (κ3) is 2.41. The molecule has 1 atom stereocenters. The molecule has 1 aliphatic rings. The number of anilines is 1. The Bertz CT molecular complexity index is 1110. The molecule has 0 aliphatic carbocycles. The molecule has 0 spiro atoms. The number of nitrogens with zero attached hydrogens (tertiary/aromatic N) is 3. The molecule has 0 bridgehead atoms. The highest BCUT2D eigenvalue weighted by molar-refractivity contribution is 5.96. The molecule has 0 fully saturated rings. The van der Waals surface area contributed by atoms with E-state index in [0.29, 0.717) is 0 Å². The van der Waals surface area contributed by atoms with Gasteiger partial charge in [-0.05, 0) is 60.0 Å². The van der Waals surface area contributed by atoms with Gasteiger partial charge < -0.3 is 5.43 Å². The predicted octanol–water partition coefficient (Wildman–Crippen LogP) is 4.35. The second-order valence-electron chi connectivity index (χ2n) is 6.48. The second-order valence-corrected chi connectivity index (χ2v) is 6.48. The van der Waals surface area contributed by atoms with Gasteiger partial charge in [-0.1, -0.05) is 6.07 Å². The van der Waals surface area contributed by atoms with Crippen molar-refractivity contribution in [3.8, 4) is 22.3 Å². The van der Waals surface area contributed by atoms with E-state index in [1.165, 1.54) is 5.56 Å². The number of hydrogen-bond acceptors (Lipinski definition) is 5. The minimum atomic E-state index is 0.243. The molecule has 2 N–H and O–H groups in total. The van der Waals surface area contributed by atoms with Gasteiger partial charge in [-0.3, -0.25) is 9.97 Å². The molecule has 1 unspecified atom stereocenters. The molecule has 26 heavy (non-hydrogen) atoms. The van der Waals surface area contributed by atoms with Crippen LogP contribution in [0, 0.1) is 0 Å². The first-order valence-electron chi connectivity index (χ1n) is 8.60. The zero-order valence-electron chi connectivity index (χ0n) is 14.3. The van der Waals surface area contributed by atoms with E-state index < -0.39 is 0 Å². The van der Waals surface area contributed by atoms with Crippen LogP contribution in [0.2, 0.25) is 0 Å². The van der Waals surface area contributed by atoms with Gasteiger partial charge in [0.25, 0.3) is 0 Å². The predicted molar refractivity (Wildman–Crippen MR) is 103 cm³/mol. The topological polar surface area (TPSA) is 62.7 Å². The Labute approximate surface area is 151 Å². The first kappa shape index (κ1) is 15.0. The summed E-state index contributed by atoms with van der Waals surface area (Å²) in [6.45, 7) is 2.12. The van der Waals surface area contributed by atoms with Crippen molar-refractivity contribution in [1.29, 1.82) is 0 Å². The molecule has 0 saturated carbocycles. The Balaban J connectivity index is 1.68. The smallest absolute Gasteiger partial charge is 0.145 e. The standard InChI is InChI=1S/C21H17N5/c1-13-18-11-16(12-24-21(18)26-25-13)15-2-3-20-19(10-15)17(6-9-23-20)14-4-7-22-8-5-14/h2-13,25H,1H3,(H,24,26). The summed E-state index contributed by atoms with van der Waals surface area (Å²) in [5.74, 6) is 0.904. The van der Waals surface area contributed by atoms with Gasteiger partial charge in [-0.25, -0.2) is 10.4 Å². The van der Waals surface area contributed by atoms with Gasteiger partial charge >= 0.3 is 0 Å². The van der Waals surface area contributed by atoms with E-state index in [0.717, 1.165) is 39.0 Å². The molecular formula is C21H17N5. The average Bonchev–Trinajstić information content (AvgIpc) is 3.08. The fourth-order valence-corrected chi connectivity index (χ4v) is 3.44. The number of fused-ring (bicyclic) bond motifs is 2. The Kier molecular flexibility index (Phi) is 3.40. The first-order chi connectivity index (χ1) is 12.8. The Morgan fingerprint density at radius 2 is 1.73 bits per heavy atom. The van der Waals surface area contributed by atoms with E-state index in [-0.39, 0.29) is 6.04 Å². The maximum absolute atomic E-state index is 4.55. The maximum atomic E-state index is 4.55. The van der Waals surface area contributed by atoms with Crippen molar-refractivity contribution in [3.63, 3.8) is 0 Å². The van der Waals surface area contributed by atoms with Crippen LogP contribution in [0.3, 0.4) is 0 Å². The van der Waals surface area contributed by atoms with Crippen molar-refractivity contribution in [2.75, 3.05) is 5.43 Å². The molecule has 4 heterocycles. The summed E-state index contributed by atoms with van der Waals surface area (Å²) in [6, 6.07) is 14.9. The van der Waals surface area contributed by atoms with Crippen LogP contribution in [0.25, 0.3) is 33.2 Å². The lowest BCUT2D eigenvalue weighted by atomic mass is 9.97. The summed E-state index contributed by atoms with van der Waals surface area (Å²) in [5.41, 5.74) is 13.0. The van der Waals surface area contributed by atoms with Crippen molar-refractivity contribution in [2.45, 2.75) is 13.0 Å². The van der Waals surface area contributed by atoms with E-state index in [1.54, 1.807) is 0 Å². The summed E-state index contributed by atoms with van der Waals surface area (Å²) >= 11 is 0. The molecule has 0 saturated heterocycles. The van der Waals surface area contributed by atoms with E-state index in [4.69, 9.17) is 0 Å². The number of nitrogens with one attached hydrogen (secondary N) is 2. The van der Waals surface area contributed by atoms with Crippen LogP contribution in [0.1, 0.15) is 18.5 Å². The fourth-order valence-electron chi connectivity index (χ4n) is 3.44. The lowest BCUT2D eigenvalue weighted by Gasteiger charge is -2.10. The Morgan fingerprint density at radius 1 is 0.846 bits per heavy atom. The average molecular weight is 339 g/mol. The Morgan fingerprint density at radius 3 is 2.62 bits per heavy atom. The van der Waals surface area contributed by atoms with Gasteiger partial charge in [0, 0.05) is 41.3 Å². The zero-order chi connectivity index (χ0) is 17.5. The normalized spacial score (nSPS) is 15.7. The highest BCUT2D eigenvalue weighted by Crippen LogP contribution is 2.33. The van der Waals surface area contributed by atoms with Crippen LogP contribution in [0.5, 0.6) is 0 Å². The van der Waals surface area contributed by atoms with Crippen molar-refractivity contribution in [2.24, 2.45) is 0 Å². The molecule has 0 amide bonds. The van der Waals surface area contributed by atoms with E-state index in [9.17, 15) is 0 Å². The molecular weight excluding hydrogens is 322 g/mol. The summed E-state index contributed by atoms with van der Waals surface area (Å²) in [5, 5.41) is 1.13. The number of pyridine rings is 3. The molecule has 5 heteroatoms. The lowest BCUT2D eigenvalue weighted by Crippen LogP contribution is -2.15. The van der Waals surface area contributed by atoms with Gasteiger partial charge in [0.05, 0.1) is 11.6 Å². The first-order valence-corrected chi connectivity index (χ1v) is 8.60. The molecule has 5 nitrogen and oxygen atoms in total. The highest BCUT2D eigenvalue weighted by atomic mass is 15.4. The number of aromatic nitrogens is 3. The number of hydrogen-bond donors (Lipinski definition) is 2. The highest BCUT2D eigenvalue weighted by Gasteiger charge is 2.19. The summed E-state index contributed by atoms with van der Waals surface area (Å²) in [6.07, 6.45) is 7.40. The quantitative estimate of drug-likeness (QED) is 0.568. The molecule has 5 rings (SSSR count). The van der Waals surface area contributed by atoms with Crippen LogP contribution in [-0.4, -0.2) is 15.0 Å². The third-order valence-electron chi connectivity index (χ3n) is 4.86. The summed E-state index contributed by atoms with van der Waals surface area (Å²) < 4.78 is 0. The van der Waals surface area contributed by atoms with Gasteiger partial charge in [0.1, 0.15) is 5.82 Å².